The fourth-order valence-electron chi connectivity index (χ4n) is 6.68. The first kappa shape index (κ1) is 27.7. The summed E-state index contributed by atoms with van der Waals surface area (Å²) in [5, 5.41) is 0. The first-order chi connectivity index (χ1) is 18.8. The van der Waals surface area contributed by atoms with Gasteiger partial charge in [0.15, 0.2) is 0 Å². The van der Waals surface area contributed by atoms with Crippen molar-refractivity contribution in [2.45, 2.75) is 71.8 Å². The summed E-state index contributed by atoms with van der Waals surface area (Å²) in [6, 6.07) is 14.6. The van der Waals surface area contributed by atoms with Gasteiger partial charge in [-0.15, -0.1) is 0 Å². The van der Waals surface area contributed by atoms with Crippen LogP contribution in [-0.4, -0.2) is 65.1 Å². The van der Waals surface area contributed by atoms with E-state index in [0.717, 1.165) is 66.3 Å². The Labute approximate surface area is 234 Å². The number of aryl methyl sites for hydroxylation is 1. The number of likely N-dealkylation sites (tertiary alicyclic amines) is 2. The van der Waals surface area contributed by atoms with Crippen molar-refractivity contribution in [1.82, 2.24) is 19.4 Å². The lowest BCUT2D eigenvalue weighted by molar-refractivity contribution is -0.139. The highest BCUT2D eigenvalue weighted by atomic mass is 16.5. The zero-order valence-electron chi connectivity index (χ0n) is 24.6. The predicted octanol–water partition coefficient (Wildman–Crippen LogP) is 6.37. The Morgan fingerprint density at radius 3 is 2.33 bits per heavy atom. The Hall–Kier alpha value is -2.86. The molecule has 3 heterocycles. The van der Waals surface area contributed by atoms with E-state index in [4.69, 9.17) is 9.72 Å². The molecule has 210 valence electrons. The smallest absolute Gasteiger partial charge is 0.232 e. The molecule has 2 atom stereocenters. The fraction of sp³-hybridized carbons (Fsp3) is 0.576. The minimum Gasteiger partial charge on any atom is -0.497 e. The van der Waals surface area contributed by atoms with Gasteiger partial charge in [0.25, 0.3) is 0 Å². The van der Waals surface area contributed by atoms with E-state index >= 15 is 0 Å². The largest absolute Gasteiger partial charge is 0.497 e. The number of hydrogen-bond donors (Lipinski definition) is 0. The van der Waals surface area contributed by atoms with Crippen molar-refractivity contribution in [1.29, 1.82) is 0 Å². The number of imidazole rings is 1. The van der Waals surface area contributed by atoms with Crippen molar-refractivity contribution in [2.75, 3.05) is 39.8 Å². The van der Waals surface area contributed by atoms with Gasteiger partial charge in [-0.25, -0.2) is 4.98 Å². The molecule has 2 aliphatic heterocycles. The summed E-state index contributed by atoms with van der Waals surface area (Å²) in [5.41, 5.74) is 3.63. The lowest BCUT2D eigenvalue weighted by atomic mass is 9.81. The number of ether oxygens (including phenoxy) is 1. The molecular formula is C33H46N4O2. The van der Waals surface area contributed by atoms with Crippen LogP contribution in [0.4, 0.5) is 0 Å². The van der Waals surface area contributed by atoms with Crippen LogP contribution in [0.15, 0.2) is 42.5 Å². The van der Waals surface area contributed by atoms with Crippen LogP contribution in [0.2, 0.25) is 0 Å². The van der Waals surface area contributed by atoms with Gasteiger partial charge in [0.1, 0.15) is 11.6 Å². The van der Waals surface area contributed by atoms with Crippen LogP contribution in [-0.2, 0) is 16.8 Å². The Bertz CT molecular complexity index is 1260. The summed E-state index contributed by atoms with van der Waals surface area (Å²) in [4.78, 5) is 23.6. The third kappa shape index (κ3) is 6.01. The molecule has 3 aromatic rings. The number of carbonyl (C=O) groups is 1. The second-order valence-electron chi connectivity index (χ2n) is 12.6. The van der Waals surface area contributed by atoms with Crippen molar-refractivity contribution in [3.8, 4) is 17.1 Å². The van der Waals surface area contributed by atoms with Crippen LogP contribution < -0.4 is 4.74 Å². The predicted molar refractivity (Wildman–Crippen MR) is 159 cm³/mol. The van der Waals surface area contributed by atoms with E-state index in [0.29, 0.717) is 11.8 Å². The second kappa shape index (κ2) is 11.7. The summed E-state index contributed by atoms with van der Waals surface area (Å²) < 4.78 is 7.77. The molecule has 0 saturated carbocycles. The second-order valence-corrected chi connectivity index (χ2v) is 12.6. The lowest BCUT2D eigenvalue weighted by Gasteiger charge is -2.39. The average molecular weight is 531 g/mol. The third-order valence-electron chi connectivity index (χ3n) is 8.81. The standard InChI is InChI=1S/C33H46N4O2/c1-24-20-25(2)23-36(22-24)32(38)33(3,4)27-12-15-29-30(21-27)37(19-9-18-35-16-7-6-8-17-35)31(34-29)26-10-13-28(39-5)14-11-26/h10-15,21,24-25H,6-9,16-20,22-23H2,1-5H3. The molecular weight excluding hydrogens is 484 g/mol. The van der Waals surface area contributed by atoms with E-state index in [1.807, 2.05) is 12.1 Å². The van der Waals surface area contributed by atoms with Crippen molar-refractivity contribution >= 4 is 16.9 Å². The monoisotopic (exact) mass is 530 g/mol. The zero-order chi connectivity index (χ0) is 27.6. The molecule has 2 fully saturated rings. The highest BCUT2D eigenvalue weighted by Crippen LogP contribution is 2.34. The Kier molecular flexibility index (Phi) is 8.32. The molecule has 2 aliphatic rings. The highest BCUT2D eigenvalue weighted by molar-refractivity contribution is 5.90. The van der Waals surface area contributed by atoms with Crippen LogP contribution in [0.1, 0.15) is 65.4 Å². The fourth-order valence-corrected chi connectivity index (χ4v) is 6.68. The van der Waals surface area contributed by atoms with Gasteiger partial charge in [-0.2, -0.15) is 0 Å². The quantitative estimate of drug-likeness (QED) is 0.340. The Morgan fingerprint density at radius 2 is 1.67 bits per heavy atom. The maximum atomic E-state index is 13.9. The maximum absolute atomic E-state index is 13.9. The van der Waals surface area contributed by atoms with Gasteiger partial charge in [-0.05, 0) is 113 Å². The summed E-state index contributed by atoms with van der Waals surface area (Å²) >= 11 is 0. The van der Waals surface area contributed by atoms with Crippen molar-refractivity contribution in [3.63, 3.8) is 0 Å². The van der Waals surface area contributed by atoms with Crippen LogP contribution in [0.3, 0.4) is 0 Å². The van der Waals surface area contributed by atoms with Crippen LogP contribution in [0, 0.1) is 11.8 Å². The molecule has 5 rings (SSSR count). The molecule has 1 amide bonds. The van der Waals surface area contributed by atoms with Gasteiger partial charge in [0.05, 0.1) is 23.6 Å². The van der Waals surface area contributed by atoms with Gasteiger partial charge in [0, 0.05) is 25.2 Å². The number of fused-ring (bicyclic) bond motifs is 1. The Balaban J connectivity index is 1.47. The minimum absolute atomic E-state index is 0.229. The van der Waals surface area contributed by atoms with Gasteiger partial charge < -0.3 is 19.1 Å². The molecule has 2 aromatic carbocycles. The summed E-state index contributed by atoms with van der Waals surface area (Å²) in [5.74, 6) is 3.14. The molecule has 0 bridgehead atoms. The molecule has 6 nitrogen and oxygen atoms in total. The number of piperidine rings is 2. The SMILES string of the molecule is COc1ccc(-c2nc3ccc(C(C)(C)C(=O)N4CC(C)CC(C)C4)cc3n2CCCN2CCCCC2)cc1. The van der Waals surface area contributed by atoms with E-state index < -0.39 is 5.41 Å². The van der Waals surface area contributed by atoms with Gasteiger partial charge in [0.2, 0.25) is 5.91 Å². The molecule has 39 heavy (non-hydrogen) atoms. The number of carbonyl (C=O) groups excluding carboxylic acids is 1. The van der Waals surface area contributed by atoms with Gasteiger partial charge in [-0.1, -0.05) is 26.3 Å². The number of amides is 1. The molecule has 0 radical (unpaired) electrons. The van der Waals surface area contributed by atoms with Crippen molar-refractivity contribution in [3.05, 3.63) is 48.0 Å². The van der Waals surface area contributed by atoms with E-state index in [2.05, 4.69) is 72.4 Å². The van der Waals surface area contributed by atoms with E-state index in [-0.39, 0.29) is 5.91 Å². The average Bonchev–Trinajstić information content (AvgIpc) is 3.30. The molecule has 1 aromatic heterocycles. The minimum atomic E-state index is -0.603. The normalized spacial score (nSPS) is 20.9. The number of nitrogens with zero attached hydrogens (tertiary/aromatic N) is 4. The molecule has 2 saturated heterocycles. The molecule has 6 heteroatoms. The number of aromatic nitrogens is 2. The molecule has 0 spiro atoms. The maximum Gasteiger partial charge on any atom is 0.232 e. The molecule has 2 unspecified atom stereocenters. The summed E-state index contributed by atoms with van der Waals surface area (Å²) in [6.45, 7) is 14.8. The van der Waals surface area contributed by atoms with E-state index in [1.165, 1.54) is 38.8 Å². The number of rotatable bonds is 8. The number of benzene rings is 2. The first-order valence-electron chi connectivity index (χ1n) is 14.9. The van der Waals surface area contributed by atoms with E-state index in [9.17, 15) is 4.79 Å². The topological polar surface area (TPSA) is 50.6 Å². The van der Waals surface area contributed by atoms with E-state index in [1.54, 1.807) is 7.11 Å². The van der Waals surface area contributed by atoms with Crippen LogP contribution >= 0.6 is 0 Å². The highest BCUT2D eigenvalue weighted by Gasteiger charge is 2.37. The summed E-state index contributed by atoms with van der Waals surface area (Å²) in [6.07, 6.45) is 6.25. The third-order valence-corrected chi connectivity index (χ3v) is 8.81. The zero-order valence-corrected chi connectivity index (χ0v) is 24.6. The first-order valence-corrected chi connectivity index (χ1v) is 14.9. The Morgan fingerprint density at radius 1 is 0.974 bits per heavy atom. The van der Waals surface area contributed by atoms with Crippen molar-refractivity contribution in [2.24, 2.45) is 11.8 Å². The van der Waals surface area contributed by atoms with Crippen LogP contribution in [0.25, 0.3) is 22.4 Å². The van der Waals surface area contributed by atoms with Crippen molar-refractivity contribution < 1.29 is 9.53 Å². The lowest BCUT2D eigenvalue weighted by Crippen LogP contribution is -2.49. The van der Waals surface area contributed by atoms with Crippen LogP contribution in [0.5, 0.6) is 5.75 Å². The number of hydrogen-bond acceptors (Lipinski definition) is 4. The number of methoxy groups -OCH3 is 1. The van der Waals surface area contributed by atoms with Gasteiger partial charge in [-0.3, -0.25) is 4.79 Å². The summed E-state index contributed by atoms with van der Waals surface area (Å²) in [7, 11) is 1.70. The van der Waals surface area contributed by atoms with Gasteiger partial charge >= 0.3 is 0 Å². The molecule has 0 aliphatic carbocycles. The molecule has 0 N–H and O–H groups in total.